The van der Waals surface area contributed by atoms with E-state index >= 15 is 0 Å². The fourth-order valence-corrected chi connectivity index (χ4v) is 1.96. The smallest absolute Gasteiger partial charge is 0.338 e. The number of carbonyl (C=O) groups is 2. The zero-order chi connectivity index (χ0) is 11.4. The van der Waals surface area contributed by atoms with E-state index in [0.29, 0.717) is 28.5 Å². The number of aldehydes is 1. The lowest BCUT2D eigenvalue weighted by Crippen LogP contribution is -2.05. The van der Waals surface area contributed by atoms with Gasteiger partial charge in [-0.15, -0.1) is 0 Å². The summed E-state index contributed by atoms with van der Waals surface area (Å²) in [5.41, 5.74) is 0.643. The molecule has 0 atom stereocenters. The zero-order valence-corrected chi connectivity index (χ0v) is 10.3. The number of rotatable bonds is 3. The average molecular weight is 292 g/mol. The van der Waals surface area contributed by atoms with E-state index < -0.39 is 5.97 Å². The Morgan fingerprint density at radius 1 is 1.60 bits per heavy atom. The number of ether oxygens (including phenoxy) is 1. The van der Waals surface area contributed by atoms with Crippen LogP contribution in [0.15, 0.2) is 16.6 Å². The van der Waals surface area contributed by atoms with Gasteiger partial charge in [-0.3, -0.25) is 4.79 Å². The van der Waals surface area contributed by atoms with Crippen molar-refractivity contribution in [2.75, 3.05) is 6.61 Å². The maximum atomic E-state index is 11.4. The van der Waals surface area contributed by atoms with Gasteiger partial charge in [-0.25, -0.2) is 4.79 Å². The van der Waals surface area contributed by atoms with Crippen LogP contribution in [0, 0.1) is 0 Å². The van der Waals surface area contributed by atoms with E-state index in [-0.39, 0.29) is 5.02 Å². The third-order valence-electron chi connectivity index (χ3n) is 1.71. The molecular formula is C10H8BrClO3. The number of halogens is 2. The van der Waals surface area contributed by atoms with Crippen LogP contribution in [0.1, 0.15) is 27.6 Å². The fourth-order valence-electron chi connectivity index (χ4n) is 1.03. The Morgan fingerprint density at radius 3 is 2.73 bits per heavy atom. The van der Waals surface area contributed by atoms with E-state index in [1.54, 1.807) is 6.92 Å². The SMILES string of the molecule is CCOC(=O)c1cc(Cl)c(C=O)c(Br)c1. The molecule has 0 aliphatic heterocycles. The van der Waals surface area contributed by atoms with Crippen molar-refractivity contribution in [3.05, 3.63) is 32.8 Å². The highest BCUT2D eigenvalue weighted by Crippen LogP contribution is 2.25. The largest absolute Gasteiger partial charge is 0.462 e. The molecule has 0 fully saturated rings. The lowest BCUT2D eigenvalue weighted by Gasteiger charge is -2.05. The van der Waals surface area contributed by atoms with E-state index in [1.165, 1.54) is 12.1 Å². The highest BCUT2D eigenvalue weighted by atomic mass is 79.9. The quantitative estimate of drug-likeness (QED) is 0.635. The third-order valence-corrected chi connectivity index (χ3v) is 2.68. The molecule has 0 radical (unpaired) electrons. The fraction of sp³-hybridized carbons (Fsp3) is 0.200. The number of esters is 1. The molecule has 0 saturated carbocycles. The molecule has 0 amide bonds. The Labute approximate surface area is 100 Å². The van der Waals surface area contributed by atoms with Gasteiger partial charge in [0.1, 0.15) is 0 Å². The number of carbonyl (C=O) groups excluding carboxylic acids is 2. The van der Waals surface area contributed by atoms with Crippen molar-refractivity contribution in [2.24, 2.45) is 0 Å². The van der Waals surface area contributed by atoms with E-state index in [4.69, 9.17) is 16.3 Å². The summed E-state index contributed by atoms with van der Waals surface area (Å²) in [4.78, 5) is 22.0. The first-order valence-electron chi connectivity index (χ1n) is 4.21. The Bertz CT molecular complexity index is 381. The van der Waals surface area contributed by atoms with Crippen molar-refractivity contribution in [3.63, 3.8) is 0 Å². The van der Waals surface area contributed by atoms with Crippen molar-refractivity contribution in [3.8, 4) is 0 Å². The highest BCUT2D eigenvalue weighted by Gasteiger charge is 2.12. The van der Waals surface area contributed by atoms with Crippen molar-refractivity contribution in [1.29, 1.82) is 0 Å². The van der Waals surface area contributed by atoms with Gasteiger partial charge in [0.05, 0.1) is 17.2 Å². The predicted octanol–water partition coefficient (Wildman–Crippen LogP) is 3.09. The van der Waals surface area contributed by atoms with Crippen LogP contribution in [0.5, 0.6) is 0 Å². The molecule has 0 aromatic heterocycles. The summed E-state index contributed by atoms with van der Waals surface area (Å²) in [7, 11) is 0. The second-order valence-corrected chi connectivity index (χ2v) is 3.95. The van der Waals surface area contributed by atoms with Gasteiger partial charge >= 0.3 is 5.97 Å². The Kier molecular flexibility index (Phi) is 4.29. The Balaban J connectivity index is 3.13. The summed E-state index contributed by atoms with van der Waals surface area (Å²) in [6.07, 6.45) is 0.626. The average Bonchev–Trinajstić information content (AvgIpc) is 2.17. The van der Waals surface area contributed by atoms with Gasteiger partial charge in [0, 0.05) is 10.0 Å². The minimum Gasteiger partial charge on any atom is -0.462 e. The standard InChI is InChI=1S/C10H8BrClO3/c1-2-15-10(14)6-3-8(11)7(5-13)9(12)4-6/h3-5H,2H2,1H3. The van der Waals surface area contributed by atoms with Crippen LogP contribution in [0.25, 0.3) is 0 Å². The molecule has 80 valence electrons. The van der Waals surface area contributed by atoms with Crippen molar-refractivity contribution >= 4 is 39.8 Å². The van der Waals surface area contributed by atoms with Gasteiger partial charge in [-0.1, -0.05) is 11.6 Å². The lowest BCUT2D eigenvalue weighted by atomic mass is 10.1. The topological polar surface area (TPSA) is 43.4 Å². The predicted molar refractivity (Wildman–Crippen MR) is 60.5 cm³/mol. The van der Waals surface area contributed by atoms with Crippen LogP contribution in [0.3, 0.4) is 0 Å². The summed E-state index contributed by atoms with van der Waals surface area (Å²) < 4.78 is 5.28. The van der Waals surface area contributed by atoms with E-state index in [0.717, 1.165) is 0 Å². The van der Waals surface area contributed by atoms with Gasteiger partial charge in [-0.05, 0) is 35.0 Å². The molecule has 0 heterocycles. The Morgan fingerprint density at radius 2 is 2.27 bits per heavy atom. The van der Waals surface area contributed by atoms with Crippen LogP contribution in [-0.2, 0) is 4.74 Å². The van der Waals surface area contributed by atoms with Crippen molar-refractivity contribution in [2.45, 2.75) is 6.92 Å². The number of benzene rings is 1. The molecule has 5 heteroatoms. The number of hydrogen-bond acceptors (Lipinski definition) is 3. The molecule has 0 aliphatic carbocycles. The summed E-state index contributed by atoms with van der Waals surface area (Å²) in [6, 6.07) is 2.92. The van der Waals surface area contributed by atoms with E-state index in [2.05, 4.69) is 15.9 Å². The molecule has 1 aromatic carbocycles. The van der Waals surface area contributed by atoms with Gasteiger partial charge in [0.25, 0.3) is 0 Å². The molecule has 0 saturated heterocycles. The highest BCUT2D eigenvalue weighted by molar-refractivity contribution is 9.10. The molecule has 3 nitrogen and oxygen atoms in total. The lowest BCUT2D eigenvalue weighted by molar-refractivity contribution is 0.0526. The maximum Gasteiger partial charge on any atom is 0.338 e. The minimum absolute atomic E-state index is 0.224. The van der Waals surface area contributed by atoms with Crippen molar-refractivity contribution < 1.29 is 14.3 Å². The third kappa shape index (κ3) is 2.79. The van der Waals surface area contributed by atoms with Gasteiger partial charge in [-0.2, -0.15) is 0 Å². The van der Waals surface area contributed by atoms with E-state index in [1.807, 2.05) is 0 Å². The molecule has 1 rings (SSSR count). The number of hydrogen-bond donors (Lipinski definition) is 0. The molecule has 1 aromatic rings. The molecule has 0 spiro atoms. The van der Waals surface area contributed by atoms with Crippen LogP contribution >= 0.6 is 27.5 Å². The van der Waals surface area contributed by atoms with Crippen LogP contribution in [-0.4, -0.2) is 18.9 Å². The molecule has 0 aliphatic rings. The van der Waals surface area contributed by atoms with Crippen LogP contribution in [0.2, 0.25) is 5.02 Å². The minimum atomic E-state index is -0.461. The second kappa shape index (κ2) is 5.28. The van der Waals surface area contributed by atoms with Gasteiger partial charge < -0.3 is 4.74 Å². The summed E-state index contributed by atoms with van der Waals surface area (Å²) >= 11 is 8.96. The first kappa shape index (κ1) is 12.2. The molecule has 0 unspecified atom stereocenters. The molecular weight excluding hydrogens is 283 g/mol. The van der Waals surface area contributed by atoms with Gasteiger partial charge in [0.15, 0.2) is 6.29 Å². The Hall–Kier alpha value is -0.870. The molecule has 0 N–H and O–H groups in total. The van der Waals surface area contributed by atoms with E-state index in [9.17, 15) is 9.59 Å². The van der Waals surface area contributed by atoms with Crippen LogP contribution < -0.4 is 0 Å². The van der Waals surface area contributed by atoms with Crippen LogP contribution in [0.4, 0.5) is 0 Å². The summed E-state index contributed by atoms with van der Waals surface area (Å²) in [5.74, 6) is -0.461. The summed E-state index contributed by atoms with van der Waals surface area (Å²) in [6.45, 7) is 2.01. The van der Waals surface area contributed by atoms with Crippen molar-refractivity contribution in [1.82, 2.24) is 0 Å². The van der Waals surface area contributed by atoms with Gasteiger partial charge in [0.2, 0.25) is 0 Å². The monoisotopic (exact) mass is 290 g/mol. The normalized spacial score (nSPS) is 9.80. The summed E-state index contributed by atoms with van der Waals surface area (Å²) in [5, 5.41) is 0.224. The maximum absolute atomic E-state index is 11.4. The molecule has 0 bridgehead atoms. The zero-order valence-electron chi connectivity index (χ0n) is 7.92. The first-order valence-corrected chi connectivity index (χ1v) is 5.38. The molecule has 15 heavy (non-hydrogen) atoms. The second-order valence-electron chi connectivity index (χ2n) is 2.69. The first-order chi connectivity index (χ1) is 7.10.